The van der Waals surface area contributed by atoms with Crippen LogP contribution in [0.15, 0.2) is 0 Å². The van der Waals surface area contributed by atoms with Crippen molar-refractivity contribution in [2.24, 2.45) is 5.92 Å². The molecule has 0 aromatic carbocycles. The summed E-state index contributed by atoms with van der Waals surface area (Å²) in [5.74, 6) is 1.25. The van der Waals surface area contributed by atoms with Crippen LogP contribution in [0.3, 0.4) is 0 Å². The van der Waals surface area contributed by atoms with Crippen LogP contribution in [0.25, 0.3) is 0 Å². The zero-order chi connectivity index (χ0) is 11.4. The van der Waals surface area contributed by atoms with Crippen molar-refractivity contribution < 1.29 is 0 Å². The Balaban J connectivity index is 2.77. The van der Waals surface area contributed by atoms with Crippen molar-refractivity contribution in [2.75, 3.05) is 24.2 Å². The molecule has 1 heterocycles. The molecule has 1 aromatic heterocycles. The van der Waals surface area contributed by atoms with Crippen LogP contribution < -0.4 is 10.6 Å². The predicted octanol–water partition coefficient (Wildman–Crippen LogP) is 1.59. The summed E-state index contributed by atoms with van der Waals surface area (Å²) in [5, 5.41) is 0.133. The number of hydrogen-bond acceptors (Lipinski definition) is 5. The second-order valence-corrected chi connectivity index (χ2v) is 3.99. The van der Waals surface area contributed by atoms with Crippen molar-refractivity contribution in [3.63, 3.8) is 0 Å². The minimum atomic E-state index is 0.133. The Hall–Kier alpha value is -1.10. The third kappa shape index (κ3) is 3.51. The van der Waals surface area contributed by atoms with Gasteiger partial charge < -0.3 is 10.6 Å². The number of aromatic nitrogens is 3. The number of hydrogen-bond donors (Lipinski definition) is 1. The van der Waals surface area contributed by atoms with Crippen LogP contribution in [-0.2, 0) is 0 Å². The molecule has 84 valence electrons. The largest absolute Gasteiger partial charge is 0.368 e. The summed E-state index contributed by atoms with van der Waals surface area (Å²) >= 11 is 5.70. The SMILES string of the molecule is CCC(C)CN(C)c1nc(N)nc(Cl)n1. The number of anilines is 2. The highest BCUT2D eigenvalue weighted by molar-refractivity contribution is 6.28. The van der Waals surface area contributed by atoms with E-state index < -0.39 is 0 Å². The van der Waals surface area contributed by atoms with E-state index in [1.807, 2.05) is 11.9 Å². The lowest BCUT2D eigenvalue weighted by atomic mass is 10.1. The molecule has 1 unspecified atom stereocenters. The monoisotopic (exact) mass is 229 g/mol. The van der Waals surface area contributed by atoms with E-state index in [4.69, 9.17) is 17.3 Å². The number of rotatable bonds is 4. The lowest BCUT2D eigenvalue weighted by Gasteiger charge is -2.20. The summed E-state index contributed by atoms with van der Waals surface area (Å²) < 4.78 is 0. The van der Waals surface area contributed by atoms with Crippen LogP contribution >= 0.6 is 11.6 Å². The standard InChI is InChI=1S/C9H16ClN5/c1-4-6(2)5-15(3)9-13-7(10)12-8(11)14-9/h6H,4-5H2,1-3H3,(H2,11,12,13,14). The molecule has 0 radical (unpaired) electrons. The zero-order valence-corrected chi connectivity index (χ0v) is 9.99. The molecule has 0 saturated heterocycles. The summed E-state index contributed by atoms with van der Waals surface area (Å²) in [6.45, 7) is 5.19. The van der Waals surface area contributed by atoms with Gasteiger partial charge in [-0.3, -0.25) is 0 Å². The van der Waals surface area contributed by atoms with Crippen molar-refractivity contribution in [2.45, 2.75) is 20.3 Å². The van der Waals surface area contributed by atoms with Crippen molar-refractivity contribution in [3.05, 3.63) is 5.28 Å². The molecule has 2 N–H and O–H groups in total. The number of nitrogen functional groups attached to an aromatic ring is 1. The van der Waals surface area contributed by atoms with Crippen LogP contribution in [0.4, 0.5) is 11.9 Å². The third-order valence-electron chi connectivity index (χ3n) is 2.24. The van der Waals surface area contributed by atoms with Gasteiger partial charge in [0.15, 0.2) is 0 Å². The van der Waals surface area contributed by atoms with Gasteiger partial charge in [-0.05, 0) is 17.5 Å². The summed E-state index contributed by atoms with van der Waals surface area (Å²) in [7, 11) is 1.91. The second-order valence-electron chi connectivity index (χ2n) is 3.66. The fraction of sp³-hybridized carbons (Fsp3) is 0.667. The average Bonchev–Trinajstić information content (AvgIpc) is 2.16. The van der Waals surface area contributed by atoms with Crippen molar-refractivity contribution in [1.29, 1.82) is 0 Å². The van der Waals surface area contributed by atoms with E-state index in [0.29, 0.717) is 11.9 Å². The van der Waals surface area contributed by atoms with E-state index in [0.717, 1.165) is 13.0 Å². The van der Waals surface area contributed by atoms with Crippen molar-refractivity contribution >= 4 is 23.5 Å². The Bertz CT molecular complexity index is 310. The van der Waals surface area contributed by atoms with Crippen LogP contribution in [-0.4, -0.2) is 28.5 Å². The van der Waals surface area contributed by atoms with Gasteiger partial charge in [0.25, 0.3) is 0 Å². The van der Waals surface area contributed by atoms with Crippen LogP contribution in [0, 0.1) is 5.92 Å². The molecule has 1 atom stereocenters. The van der Waals surface area contributed by atoms with E-state index in [-0.39, 0.29) is 11.2 Å². The van der Waals surface area contributed by atoms with Gasteiger partial charge in [-0.15, -0.1) is 0 Å². The highest BCUT2D eigenvalue weighted by atomic mass is 35.5. The molecule has 0 aliphatic heterocycles. The third-order valence-corrected chi connectivity index (χ3v) is 2.41. The Labute approximate surface area is 94.7 Å². The molecule has 5 nitrogen and oxygen atoms in total. The van der Waals surface area contributed by atoms with E-state index >= 15 is 0 Å². The second kappa shape index (κ2) is 5.11. The van der Waals surface area contributed by atoms with Gasteiger partial charge in [0, 0.05) is 13.6 Å². The molecule has 15 heavy (non-hydrogen) atoms. The maximum absolute atomic E-state index is 5.70. The number of halogens is 1. The Kier molecular flexibility index (Phi) is 4.08. The zero-order valence-electron chi connectivity index (χ0n) is 9.24. The molecule has 6 heteroatoms. The molecule has 0 amide bonds. The average molecular weight is 230 g/mol. The molecule has 0 aliphatic rings. The number of nitrogens with zero attached hydrogens (tertiary/aromatic N) is 4. The molecule has 0 bridgehead atoms. The lowest BCUT2D eigenvalue weighted by Crippen LogP contribution is -2.26. The van der Waals surface area contributed by atoms with Gasteiger partial charge in [-0.1, -0.05) is 20.3 Å². The minimum Gasteiger partial charge on any atom is -0.368 e. The fourth-order valence-corrected chi connectivity index (χ4v) is 1.37. The van der Waals surface area contributed by atoms with E-state index in [1.165, 1.54) is 0 Å². The van der Waals surface area contributed by atoms with Crippen molar-refractivity contribution in [1.82, 2.24) is 15.0 Å². The van der Waals surface area contributed by atoms with Crippen LogP contribution in [0.2, 0.25) is 5.28 Å². The molecule has 0 aliphatic carbocycles. The van der Waals surface area contributed by atoms with Gasteiger partial charge in [-0.25, -0.2) is 0 Å². The lowest BCUT2D eigenvalue weighted by molar-refractivity contribution is 0.555. The maximum atomic E-state index is 5.70. The highest BCUT2D eigenvalue weighted by Crippen LogP contribution is 2.13. The molecular weight excluding hydrogens is 214 g/mol. The van der Waals surface area contributed by atoms with E-state index in [1.54, 1.807) is 0 Å². The van der Waals surface area contributed by atoms with Gasteiger partial charge in [0.1, 0.15) is 0 Å². The summed E-state index contributed by atoms with van der Waals surface area (Å²) in [5.41, 5.74) is 5.49. The van der Waals surface area contributed by atoms with Gasteiger partial charge in [0.05, 0.1) is 0 Å². The first-order valence-electron chi connectivity index (χ1n) is 4.91. The summed E-state index contributed by atoms with van der Waals surface area (Å²) in [6, 6.07) is 0. The van der Waals surface area contributed by atoms with E-state index in [9.17, 15) is 0 Å². The smallest absolute Gasteiger partial charge is 0.231 e. The topological polar surface area (TPSA) is 67.9 Å². The quantitative estimate of drug-likeness (QED) is 0.849. The predicted molar refractivity (Wildman–Crippen MR) is 62.0 cm³/mol. The molecule has 1 rings (SSSR count). The molecule has 0 spiro atoms. The summed E-state index contributed by atoms with van der Waals surface area (Å²) in [6.07, 6.45) is 1.11. The Morgan fingerprint density at radius 1 is 1.40 bits per heavy atom. The van der Waals surface area contributed by atoms with Crippen LogP contribution in [0.5, 0.6) is 0 Å². The van der Waals surface area contributed by atoms with Gasteiger partial charge in [-0.2, -0.15) is 15.0 Å². The Morgan fingerprint density at radius 2 is 2.07 bits per heavy atom. The first kappa shape index (κ1) is 12.0. The normalized spacial score (nSPS) is 12.5. The minimum absolute atomic E-state index is 0.133. The molecular formula is C9H16ClN5. The summed E-state index contributed by atoms with van der Waals surface area (Å²) in [4.78, 5) is 13.7. The highest BCUT2D eigenvalue weighted by Gasteiger charge is 2.10. The van der Waals surface area contributed by atoms with Crippen molar-refractivity contribution in [3.8, 4) is 0 Å². The first-order chi connectivity index (χ1) is 7.02. The molecule has 1 aromatic rings. The number of nitrogens with two attached hydrogens (primary N) is 1. The maximum Gasteiger partial charge on any atom is 0.231 e. The van der Waals surface area contributed by atoms with Gasteiger partial charge in [0.2, 0.25) is 17.2 Å². The van der Waals surface area contributed by atoms with Crippen LogP contribution in [0.1, 0.15) is 20.3 Å². The van der Waals surface area contributed by atoms with Gasteiger partial charge >= 0.3 is 0 Å². The first-order valence-corrected chi connectivity index (χ1v) is 5.29. The Morgan fingerprint density at radius 3 is 2.60 bits per heavy atom. The molecule has 0 saturated carbocycles. The van der Waals surface area contributed by atoms with E-state index in [2.05, 4.69) is 28.8 Å². The molecule has 0 fully saturated rings. The fourth-order valence-electron chi connectivity index (χ4n) is 1.20.